The lowest BCUT2D eigenvalue weighted by Crippen LogP contribution is -2.05. The molecule has 0 fully saturated rings. The number of hydrogen-bond acceptors (Lipinski definition) is 4. The predicted molar refractivity (Wildman–Crippen MR) is 83.5 cm³/mol. The summed E-state index contributed by atoms with van der Waals surface area (Å²) in [7, 11) is 1.68. The molecule has 0 saturated carbocycles. The number of nitrogens with two attached hydrogens (primary N) is 1. The van der Waals surface area contributed by atoms with Gasteiger partial charge in [0.05, 0.1) is 13.7 Å². The van der Waals surface area contributed by atoms with Gasteiger partial charge in [0.25, 0.3) is 0 Å². The van der Waals surface area contributed by atoms with Crippen LogP contribution in [0.5, 0.6) is 11.5 Å². The van der Waals surface area contributed by atoms with Crippen molar-refractivity contribution >= 4 is 11.8 Å². The van der Waals surface area contributed by atoms with Gasteiger partial charge in [0, 0.05) is 22.8 Å². The van der Waals surface area contributed by atoms with E-state index in [1.807, 2.05) is 42.5 Å². The van der Waals surface area contributed by atoms with Crippen LogP contribution in [0.15, 0.2) is 53.4 Å². The minimum Gasteiger partial charge on any atom is -0.497 e. The summed E-state index contributed by atoms with van der Waals surface area (Å²) in [5.41, 5.74) is 6.72. The van der Waals surface area contributed by atoms with Crippen molar-refractivity contribution in [3.63, 3.8) is 0 Å². The number of hydrogen-bond donors (Lipinski definition) is 1. The lowest BCUT2D eigenvalue weighted by molar-refractivity contribution is 0.340. The van der Waals surface area contributed by atoms with Crippen LogP contribution in [-0.2, 0) is 6.54 Å². The van der Waals surface area contributed by atoms with Crippen LogP contribution in [0.4, 0.5) is 0 Å². The molecular weight excluding hydrogens is 270 g/mol. The van der Waals surface area contributed by atoms with Gasteiger partial charge >= 0.3 is 0 Å². The molecule has 2 N–H and O–H groups in total. The van der Waals surface area contributed by atoms with Crippen molar-refractivity contribution in [1.29, 1.82) is 0 Å². The lowest BCUT2D eigenvalue weighted by Gasteiger charge is -2.10. The Bertz CT molecular complexity index is 546. The number of rotatable bonds is 7. The molecule has 0 radical (unpaired) electrons. The molecule has 106 valence electrons. The van der Waals surface area contributed by atoms with Crippen molar-refractivity contribution in [1.82, 2.24) is 0 Å². The Morgan fingerprint density at radius 3 is 2.75 bits per heavy atom. The van der Waals surface area contributed by atoms with Crippen LogP contribution in [0.2, 0.25) is 0 Å². The average Bonchev–Trinajstić information content (AvgIpc) is 2.52. The standard InChI is InChI=1S/C16H19NO2S/c1-18-14-6-4-7-15(11-14)20-10-9-19-16-8-3-2-5-13(16)12-17/h2-8,11H,9-10,12,17H2,1H3. The summed E-state index contributed by atoms with van der Waals surface area (Å²) in [5, 5.41) is 0. The quantitative estimate of drug-likeness (QED) is 0.627. The number of methoxy groups -OCH3 is 1. The van der Waals surface area contributed by atoms with Gasteiger partial charge in [0.1, 0.15) is 11.5 Å². The maximum absolute atomic E-state index is 5.77. The molecule has 0 aliphatic carbocycles. The molecule has 0 aromatic heterocycles. The van der Waals surface area contributed by atoms with Gasteiger partial charge in [-0.05, 0) is 24.3 Å². The van der Waals surface area contributed by atoms with Crippen LogP contribution in [0.25, 0.3) is 0 Å². The predicted octanol–water partition coefficient (Wildman–Crippen LogP) is 3.33. The molecule has 0 heterocycles. The van der Waals surface area contributed by atoms with Crippen molar-refractivity contribution in [2.24, 2.45) is 5.73 Å². The molecule has 2 aromatic rings. The number of para-hydroxylation sites is 1. The van der Waals surface area contributed by atoms with Crippen molar-refractivity contribution in [3.8, 4) is 11.5 Å². The zero-order chi connectivity index (χ0) is 14.2. The Balaban J connectivity index is 1.81. The molecule has 2 aromatic carbocycles. The molecule has 20 heavy (non-hydrogen) atoms. The van der Waals surface area contributed by atoms with E-state index < -0.39 is 0 Å². The van der Waals surface area contributed by atoms with Gasteiger partial charge in [-0.3, -0.25) is 0 Å². The molecule has 4 heteroatoms. The summed E-state index contributed by atoms with van der Waals surface area (Å²) >= 11 is 1.75. The fraction of sp³-hybridized carbons (Fsp3) is 0.250. The van der Waals surface area contributed by atoms with E-state index in [2.05, 4.69) is 6.07 Å². The van der Waals surface area contributed by atoms with Gasteiger partial charge in [0.15, 0.2) is 0 Å². The number of thioether (sulfide) groups is 1. The first-order valence-electron chi connectivity index (χ1n) is 6.51. The van der Waals surface area contributed by atoms with Crippen molar-refractivity contribution < 1.29 is 9.47 Å². The van der Waals surface area contributed by atoms with E-state index >= 15 is 0 Å². The normalized spacial score (nSPS) is 10.3. The SMILES string of the molecule is COc1cccc(SCCOc2ccccc2CN)c1. The van der Waals surface area contributed by atoms with Gasteiger partial charge in [-0.2, -0.15) is 0 Å². The second-order valence-corrected chi connectivity index (χ2v) is 5.36. The van der Waals surface area contributed by atoms with Crippen LogP contribution < -0.4 is 15.2 Å². The summed E-state index contributed by atoms with van der Waals surface area (Å²) in [4.78, 5) is 1.18. The highest BCUT2D eigenvalue weighted by atomic mass is 32.2. The van der Waals surface area contributed by atoms with Crippen LogP contribution in [0.1, 0.15) is 5.56 Å². The molecule has 0 saturated heterocycles. The third kappa shape index (κ3) is 4.18. The highest BCUT2D eigenvalue weighted by Gasteiger charge is 2.01. The average molecular weight is 289 g/mol. The Labute approximate surface area is 124 Å². The fourth-order valence-corrected chi connectivity index (χ4v) is 2.59. The van der Waals surface area contributed by atoms with Gasteiger partial charge in [-0.25, -0.2) is 0 Å². The molecule has 3 nitrogen and oxygen atoms in total. The molecular formula is C16H19NO2S. The summed E-state index contributed by atoms with van der Waals surface area (Å²) in [6.07, 6.45) is 0. The lowest BCUT2D eigenvalue weighted by atomic mass is 10.2. The number of benzene rings is 2. The van der Waals surface area contributed by atoms with Crippen LogP contribution in [-0.4, -0.2) is 19.5 Å². The maximum Gasteiger partial charge on any atom is 0.123 e. The Morgan fingerprint density at radius 1 is 1.10 bits per heavy atom. The van der Waals surface area contributed by atoms with Gasteiger partial charge in [-0.15, -0.1) is 11.8 Å². The molecule has 0 unspecified atom stereocenters. The van der Waals surface area contributed by atoms with Gasteiger partial charge in [-0.1, -0.05) is 24.3 Å². The first-order chi connectivity index (χ1) is 9.83. The molecule has 0 amide bonds. The second kappa shape index (κ2) is 7.82. The first kappa shape index (κ1) is 14.8. The fourth-order valence-electron chi connectivity index (χ4n) is 1.82. The first-order valence-corrected chi connectivity index (χ1v) is 7.49. The van der Waals surface area contributed by atoms with Gasteiger partial charge < -0.3 is 15.2 Å². The molecule has 0 spiro atoms. The monoisotopic (exact) mass is 289 g/mol. The molecule has 2 rings (SSSR count). The van der Waals surface area contributed by atoms with E-state index in [1.165, 1.54) is 4.90 Å². The zero-order valence-corrected chi connectivity index (χ0v) is 12.4. The molecule has 0 aliphatic rings. The third-order valence-corrected chi connectivity index (χ3v) is 3.80. The van der Waals surface area contributed by atoms with Crippen LogP contribution in [0.3, 0.4) is 0 Å². The second-order valence-electron chi connectivity index (χ2n) is 4.19. The Hall–Kier alpha value is -1.65. The van der Waals surface area contributed by atoms with E-state index in [0.717, 1.165) is 22.8 Å². The highest BCUT2D eigenvalue weighted by Crippen LogP contribution is 2.23. The van der Waals surface area contributed by atoms with Crippen LogP contribution >= 0.6 is 11.8 Å². The van der Waals surface area contributed by atoms with Crippen molar-refractivity contribution in [2.45, 2.75) is 11.4 Å². The highest BCUT2D eigenvalue weighted by molar-refractivity contribution is 7.99. The zero-order valence-electron chi connectivity index (χ0n) is 11.5. The van der Waals surface area contributed by atoms with Crippen molar-refractivity contribution in [3.05, 3.63) is 54.1 Å². The summed E-state index contributed by atoms with van der Waals surface area (Å²) in [6, 6.07) is 15.9. The topological polar surface area (TPSA) is 44.5 Å². The third-order valence-electron chi connectivity index (χ3n) is 2.84. The van der Waals surface area contributed by atoms with E-state index in [-0.39, 0.29) is 0 Å². The molecule has 0 aliphatic heterocycles. The molecule has 0 bridgehead atoms. The maximum atomic E-state index is 5.77. The minimum atomic E-state index is 0.499. The van der Waals surface area contributed by atoms with Crippen LogP contribution in [0, 0.1) is 0 Å². The summed E-state index contributed by atoms with van der Waals surface area (Å²) in [6.45, 7) is 1.15. The largest absolute Gasteiger partial charge is 0.497 e. The van der Waals surface area contributed by atoms with E-state index in [0.29, 0.717) is 13.2 Å². The summed E-state index contributed by atoms with van der Waals surface area (Å²) in [5.74, 6) is 2.64. The Morgan fingerprint density at radius 2 is 1.95 bits per heavy atom. The smallest absolute Gasteiger partial charge is 0.123 e. The van der Waals surface area contributed by atoms with E-state index in [9.17, 15) is 0 Å². The Kier molecular flexibility index (Phi) is 5.77. The summed E-state index contributed by atoms with van der Waals surface area (Å²) < 4.78 is 11.0. The minimum absolute atomic E-state index is 0.499. The molecule has 0 atom stereocenters. The van der Waals surface area contributed by atoms with E-state index in [1.54, 1.807) is 18.9 Å². The van der Waals surface area contributed by atoms with Crippen molar-refractivity contribution in [2.75, 3.05) is 19.5 Å². The van der Waals surface area contributed by atoms with Gasteiger partial charge in [0.2, 0.25) is 0 Å². The van der Waals surface area contributed by atoms with E-state index in [4.69, 9.17) is 15.2 Å². The number of ether oxygens (including phenoxy) is 2.